The zero-order valence-corrected chi connectivity index (χ0v) is 13.3. The third-order valence-corrected chi connectivity index (χ3v) is 4.40. The topological polar surface area (TPSA) is 79.5 Å². The van der Waals surface area contributed by atoms with E-state index in [0.717, 1.165) is 0 Å². The van der Waals surface area contributed by atoms with Crippen LogP contribution in [0, 0.1) is 6.92 Å². The molecule has 1 rings (SSSR count). The Balaban J connectivity index is 2.83. The molecule has 0 unspecified atom stereocenters. The van der Waals surface area contributed by atoms with Crippen LogP contribution < -0.4 is 15.4 Å². The lowest BCUT2D eigenvalue weighted by molar-refractivity contribution is 0.204. The van der Waals surface area contributed by atoms with Crippen LogP contribution in [0.5, 0.6) is 0 Å². The average Bonchev–Trinajstić information content (AvgIpc) is 2.41. The van der Waals surface area contributed by atoms with Crippen molar-refractivity contribution < 1.29 is 13.2 Å². The maximum atomic E-state index is 11.9. The normalized spacial score (nSPS) is 11.2. The second-order valence-corrected chi connectivity index (χ2v) is 6.32. The molecule has 0 fully saturated rings. The number of methoxy groups -OCH3 is 1. The van der Waals surface area contributed by atoms with Crippen molar-refractivity contribution in [1.82, 2.24) is 10.0 Å². The summed E-state index contributed by atoms with van der Waals surface area (Å²) < 4.78 is 30.9. The van der Waals surface area contributed by atoms with Gasteiger partial charge in [0.05, 0.1) is 11.5 Å². The van der Waals surface area contributed by atoms with E-state index in [9.17, 15) is 8.42 Å². The Morgan fingerprint density at radius 3 is 2.70 bits per heavy atom. The van der Waals surface area contributed by atoms with Gasteiger partial charge in [-0.25, -0.2) is 13.1 Å². The maximum Gasteiger partial charge on any atom is 0.240 e. The smallest absolute Gasteiger partial charge is 0.240 e. The van der Waals surface area contributed by atoms with Gasteiger partial charge in [0, 0.05) is 19.3 Å². The molecular formula is C12H19N3O3S2. The Kier molecular flexibility index (Phi) is 6.34. The maximum absolute atomic E-state index is 11.9. The van der Waals surface area contributed by atoms with E-state index in [4.69, 9.17) is 17.0 Å². The molecule has 0 radical (unpaired) electrons. The summed E-state index contributed by atoms with van der Waals surface area (Å²) in [4.78, 5) is 0.227. The van der Waals surface area contributed by atoms with E-state index in [-0.39, 0.29) is 4.90 Å². The van der Waals surface area contributed by atoms with Crippen LogP contribution in [0.2, 0.25) is 0 Å². The third kappa shape index (κ3) is 4.71. The van der Waals surface area contributed by atoms with Crippen LogP contribution in [-0.4, -0.2) is 40.8 Å². The van der Waals surface area contributed by atoms with E-state index < -0.39 is 10.0 Å². The second-order valence-electron chi connectivity index (χ2n) is 4.06. The molecule has 3 N–H and O–H groups in total. The molecule has 0 amide bonds. The summed E-state index contributed by atoms with van der Waals surface area (Å²) in [6, 6.07) is 5.05. The summed E-state index contributed by atoms with van der Waals surface area (Å²) in [6.07, 6.45) is 0. The first-order valence-electron chi connectivity index (χ1n) is 5.98. The van der Waals surface area contributed by atoms with Gasteiger partial charge in [-0.15, -0.1) is 0 Å². The van der Waals surface area contributed by atoms with Crippen molar-refractivity contribution in [3.8, 4) is 0 Å². The van der Waals surface area contributed by atoms with Gasteiger partial charge in [0.25, 0.3) is 0 Å². The fraction of sp³-hybridized carbons (Fsp3) is 0.417. The Labute approximate surface area is 125 Å². The highest BCUT2D eigenvalue weighted by Gasteiger charge is 2.15. The molecular weight excluding hydrogens is 298 g/mol. The van der Waals surface area contributed by atoms with Crippen molar-refractivity contribution >= 4 is 33.0 Å². The van der Waals surface area contributed by atoms with Crippen molar-refractivity contribution in [1.29, 1.82) is 0 Å². The molecule has 20 heavy (non-hydrogen) atoms. The molecule has 0 aromatic heterocycles. The SMILES string of the molecule is CNS(=O)(=O)c1cc(NC(=S)NCCOC)ccc1C. The largest absolute Gasteiger partial charge is 0.383 e. The minimum absolute atomic E-state index is 0.227. The lowest BCUT2D eigenvalue weighted by Crippen LogP contribution is -2.31. The number of benzene rings is 1. The minimum atomic E-state index is -3.48. The highest BCUT2D eigenvalue weighted by atomic mass is 32.2. The summed E-state index contributed by atoms with van der Waals surface area (Å²) in [5.74, 6) is 0. The number of anilines is 1. The van der Waals surface area contributed by atoms with Gasteiger partial charge < -0.3 is 15.4 Å². The number of nitrogens with one attached hydrogen (secondary N) is 3. The highest BCUT2D eigenvalue weighted by Crippen LogP contribution is 2.19. The van der Waals surface area contributed by atoms with Crippen molar-refractivity contribution in [2.24, 2.45) is 0 Å². The molecule has 6 nitrogen and oxygen atoms in total. The van der Waals surface area contributed by atoms with Crippen LogP contribution in [0.4, 0.5) is 5.69 Å². The van der Waals surface area contributed by atoms with Crippen LogP contribution in [-0.2, 0) is 14.8 Å². The predicted octanol–water partition coefficient (Wildman–Crippen LogP) is 0.836. The van der Waals surface area contributed by atoms with Crippen LogP contribution in [0.15, 0.2) is 23.1 Å². The molecule has 112 valence electrons. The van der Waals surface area contributed by atoms with E-state index in [1.807, 2.05) is 0 Å². The van der Waals surface area contributed by atoms with Crippen LogP contribution in [0.25, 0.3) is 0 Å². The van der Waals surface area contributed by atoms with Gasteiger partial charge in [-0.3, -0.25) is 0 Å². The molecule has 0 saturated heterocycles. The van der Waals surface area contributed by atoms with Crippen molar-refractivity contribution in [3.05, 3.63) is 23.8 Å². The number of rotatable bonds is 6. The Morgan fingerprint density at radius 1 is 1.40 bits per heavy atom. The second kappa shape index (κ2) is 7.53. The monoisotopic (exact) mass is 317 g/mol. The molecule has 0 saturated carbocycles. The number of thiocarbonyl (C=S) groups is 1. The first kappa shape index (κ1) is 16.8. The summed E-state index contributed by atoms with van der Waals surface area (Å²) in [5.41, 5.74) is 1.28. The molecule has 0 aliphatic heterocycles. The van der Waals surface area contributed by atoms with E-state index >= 15 is 0 Å². The van der Waals surface area contributed by atoms with Crippen LogP contribution in [0.1, 0.15) is 5.56 Å². The quantitative estimate of drug-likeness (QED) is 0.533. The molecule has 1 aromatic carbocycles. The number of ether oxygens (including phenoxy) is 1. The lowest BCUT2D eigenvalue weighted by Gasteiger charge is -2.12. The highest BCUT2D eigenvalue weighted by molar-refractivity contribution is 7.89. The molecule has 0 aliphatic carbocycles. The lowest BCUT2D eigenvalue weighted by atomic mass is 10.2. The molecule has 0 atom stereocenters. The van der Waals surface area contributed by atoms with Crippen molar-refractivity contribution in [3.63, 3.8) is 0 Å². The van der Waals surface area contributed by atoms with E-state index in [0.29, 0.717) is 29.5 Å². The number of hydrogen-bond donors (Lipinski definition) is 3. The van der Waals surface area contributed by atoms with E-state index in [2.05, 4.69) is 15.4 Å². The summed E-state index contributed by atoms with van der Waals surface area (Å²) in [5, 5.41) is 6.30. The van der Waals surface area contributed by atoms with Gasteiger partial charge in [0.15, 0.2) is 5.11 Å². The average molecular weight is 317 g/mol. The zero-order valence-electron chi connectivity index (χ0n) is 11.7. The van der Waals surface area contributed by atoms with Crippen LogP contribution in [0.3, 0.4) is 0 Å². The Hall–Kier alpha value is -1.22. The zero-order chi connectivity index (χ0) is 15.2. The Bertz CT molecular complexity index is 573. The summed E-state index contributed by atoms with van der Waals surface area (Å²) >= 11 is 5.10. The number of aryl methyl sites for hydroxylation is 1. The molecule has 1 aromatic rings. The van der Waals surface area contributed by atoms with Gasteiger partial charge in [-0.1, -0.05) is 6.07 Å². The van der Waals surface area contributed by atoms with Gasteiger partial charge in [0.1, 0.15) is 0 Å². The minimum Gasteiger partial charge on any atom is -0.383 e. The van der Waals surface area contributed by atoms with Crippen molar-refractivity contribution in [2.75, 3.05) is 32.6 Å². The predicted molar refractivity (Wildman–Crippen MR) is 83.5 cm³/mol. The van der Waals surface area contributed by atoms with E-state index in [1.165, 1.54) is 7.05 Å². The van der Waals surface area contributed by atoms with Gasteiger partial charge >= 0.3 is 0 Å². The first-order valence-corrected chi connectivity index (χ1v) is 7.88. The molecule has 0 spiro atoms. The molecule has 0 aliphatic rings. The van der Waals surface area contributed by atoms with E-state index in [1.54, 1.807) is 32.2 Å². The molecule has 0 heterocycles. The third-order valence-electron chi connectivity index (χ3n) is 2.60. The standard InChI is InChI=1S/C12H19N3O3S2/c1-9-4-5-10(8-11(9)20(16,17)13-2)15-12(19)14-6-7-18-3/h4-5,8,13H,6-7H2,1-3H3,(H2,14,15,19). The molecule has 8 heteroatoms. The Morgan fingerprint density at radius 2 is 2.10 bits per heavy atom. The van der Waals surface area contributed by atoms with Crippen LogP contribution >= 0.6 is 12.2 Å². The summed E-state index contributed by atoms with van der Waals surface area (Å²) in [7, 11) is -0.497. The molecule has 0 bridgehead atoms. The fourth-order valence-corrected chi connectivity index (χ4v) is 2.73. The van der Waals surface area contributed by atoms with Gasteiger partial charge in [-0.05, 0) is 43.9 Å². The number of sulfonamides is 1. The first-order chi connectivity index (χ1) is 9.40. The van der Waals surface area contributed by atoms with Gasteiger partial charge in [0.2, 0.25) is 10.0 Å². The number of hydrogen-bond acceptors (Lipinski definition) is 4. The van der Waals surface area contributed by atoms with Crippen molar-refractivity contribution in [2.45, 2.75) is 11.8 Å². The van der Waals surface area contributed by atoms with Gasteiger partial charge in [-0.2, -0.15) is 0 Å². The summed E-state index contributed by atoms with van der Waals surface area (Å²) in [6.45, 7) is 2.86. The fourth-order valence-electron chi connectivity index (χ4n) is 1.52.